The molecular weight excluding hydrogens is 631 g/mol. The van der Waals surface area contributed by atoms with E-state index in [1.165, 1.54) is 44.4 Å². The molecule has 2 aromatic rings. The molecule has 24 heteroatoms. The average Bonchev–Trinajstić information content (AvgIpc) is 3.22. The predicted octanol–water partition coefficient (Wildman–Crippen LogP) is 1.62. The maximum Gasteiger partial charge on any atom is 0.490 e. The van der Waals surface area contributed by atoms with Crippen LogP contribution in [0.2, 0.25) is 0 Å². The highest BCUT2D eigenvalue weighted by Crippen LogP contribution is 2.66. The van der Waals surface area contributed by atoms with Gasteiger partial charge >= 0.3 is 35.1 Å². The van der Waals surface area contributed by atoms with Crippen molar-refractivity contribution in [3.63, 3.8) is 0 Å². The number of rotatable bonds is 12. The standard InChI is InChI=1S/C18H24N7O14P3/c1-18(2,23-24-20)15-10(4-3-6-21-15)16(26)37-11-8-14(25-7-5-13(19)22-17(25)27)36-12(11)9-35-41(31,32)39-42(33,34)38-40(28,29)30/h3-7,11-12,14H,8-9H2,1-2H3,(H,31,32)(H,33,34)(H2,19,22,27)(H2,28,29,30)/t11?,12-,14-/m1/s1. The highest BCUT2D eigenvalue weighted by molar-refractivity contribution is 7.66. The third-order valence-corrected chi connectivity index (χ3v) is 9.12. The molecule has 1 saturated heterocycles. The fourth-order valence-electron chi connectivity index (χ4n) is 3.68. The molecule has 0 radical (unpaired) electrons. The van der Waals surface area contributed by atoms with Crippen molar-refractivity contribution in [1.29, 1.82) is 0 Å². The first-order valence-electron chi connectivity index (χ1n) is 11.3. The molecule has 0 saturated carbocycles. The van der Waals surface area contributed by atoms with Crippen molar-refractivity contribution in [3.05, 3.63) is 62.8 Å². The average molecular weight is 655 g/mol. The molecule has 21 nitrogen and oxygen atoms in total. The number of nitrogens with zero attached hydrogens (tertiary/aromatic N) is 6. The van der Waals surface area contributed by atoms with Crippen LogP contribution in [0, 0.1) is 0 Å². The molecule has 0 aromatic carbocycles. The third kappa shape index (κ3) is 8.99. The minimum atomic E-state index is -5.81. The lowest BCUT2D eigenvalue weighted by Gasteiger charge is -2.23. The van der Waals surface area contributed by atoms with Gasteiger partial charge in [-0.2, -0.15) is 13.6 Å². The van der Waals surface area contributed by atoms with Crippen LogP contribution in [0.5, 0.6) is 0 Å². The fraction of sp³-hybridized carbons (Fsp3) is 0.444. The van der Waals surface area contributed by atoms with E-state index in [9.17, 15) is 33.1 Å². The summed E-state index contributed by atoms with van der Waals surface area (Å²) in [5.41, 5.74) is 12.2. The second-order valence-electron chi connectivity index (χ2n) is 8.89. The molecular formula is C18H24N7O14P3. The van der Waals surface area contributed by atoms with Gasteiger partial charge in [-0.3, -0.25) is 14.1 Å². The Balaban J connectivity index is 1.87. The van der Waals surface area contributed by atoms with E-state index in [-0.39, 0.29) is 23.5 Å². The Kier molecular flexibility index (Phi) is 10.1. The summed E-state index contributed by atoms with van der Waals surface area (Å²) in [6.07, 6.45) is -1.64. The quantitative estimate of drug-likeness (QED) is 0.0713. The molecule has 42 heavy (non-hydrogen) atoms. The molecule has 6 N–H and O–H groups in total. The Bertz CT molecular complexity index is 1590. The minimum absolute atomic E-state index is 0.0482. The van der Waals surface area contributed by atoms with Crippen LogP contribution in [0.3, 0.4) is 0 Å². The number of carbonyl (C=O) groups is 1. The smallest absolute Gasteiger partial charge is 0.456 e. The normalized spacial score (nSPS) is 22.0. The van der Waals surface area contributed by atoms with Gasteiger partial charge < -0.3 is 34.8 Å². The summed E-state index contributed by atoms with van der Waals surface area (Å²) in [7, 11) is -17.0. The lowest BCUT2D eigenvalue weighted by molar-refractivity contribution is -0.0511. The van der Waals surface area contributed by atoms with Crippen LogP contribution in [-0.4, -0.2) is 58.9 Å². The summed E-state index contributed by atoms with van der Waals surface area (Å²) in [6, 6.07) is 4.01. The number of azide groups is 1. The van der Waals surface area contributed by atoms with Crippen LogP contribution < -0.4 is 11.4 Å². The summed E-state index contributed by atoms with van der Waals surface area (Å²) in [5.74, 6) is -1.10. The van der Waals surface area contributed by atoms with Gasteiger partial charge in [0.15, 0.2) is 0 Å². The zero-order valence-corrected chi connectivity index (χ0v) is 24.2. The number of hydrogen-bond donors (Lipinski definition) is 5. The van der Waals surface area contributed by atoms with Gasteiger partial charge in [0.05, 0.1) is 23.4 Å². The Hall–Kier alpha value is -3.02. The number of anilines is 1. The summed E-state index contributed by atoms with van der Waals surface area (Å²) in [5, 5.41) is 3.63. The lowest BCUT2D eigenvalue weighted by atomic mass is 9.96. The van der Waals surface area contributed by atoms with Crippen molar-refractivity contribution in [1.82, 2.24) is 14.5 Å². The van der Waals surface area contributed by atoms with Gasteiger partial charge in [0.25, 0.3) is 0 Å². The second kappa shape index (κ2) is 12.7. The molecule has 5 atom stereocenters. The largest absolute Gasteiger partial charge is 0.490 e. The van der Waals surface area contributed by atoms with E-state index in [1.54, 1.807) is 0 Å². The first-order chi connectivity index (χ1) is 19.3. The van der Waals surface area contributed by atoms with E-state index in [1.807, 2.05) is 0 Å². The number of esters is 1. The van der Waals surface area contributed by atoms with Gasteiger partial charge in [-0.05, 0) is 37.6 Å². The molecule has 0 bridgehead atoms. The van der Waals surface area contributed by atoms with E-state index in [2.05, 4.69) is 33.1 Å². The molecule has 2 aromatic heterocycles. The minimum Gasteiger partial charge on any atom is -0.456 e. The van der Waals surface area contributed by atoms with Crippen molar-refractivity contribution < 1.29 is 60.7 Å². The number of ether oxygens (including phenoxy) is 2. The van der Waals surface area contributed by atoms with Crippen LogP contribution in [0.4, 0.5) is 5.82 Å². The summed E-state index contributed by atoms with van der Waals surface area (Å²) < 4.78 is 58.9. The number of phosphoric acid groups is 3. The first-order valence-corrected chi connectivity index (χ1v) is 15.9. The Labute approximate surface area is 235 Å². The number of nitrogens with two attached hydrogens (primary N) is 1. The van der Waals surface area contributed by atoms with Crippen molar-refractivity contribution in [2.75, 3.05) is 12.3 Å². The molecule has 3 rings (SSSR count). The first kappa shape index (κ1) is 33.5. The SMILES string of the molecule is CC(C)(N=[N+]=[N-])c1ncccc1C(=O)OC1C[C@H](n2ccc(N)nc2=O)O[C@@H]1COP(=O)(O)OP(=O)(O)OP(=O)(O)O. The van der Waals surface area contributed by atoms with Crippen molar-refractivity contribution in [3.8, 4) is 0 Å². The second-order valence-corrected chi connectivity index (χ2v) is 13.3. The van der Waals surface area contributed by atoms with Crippen LogP contribution in [0.25, 0.3) is 10.4 Å². The molecule has 1 aliphatic rings. The third-order valence-electron chi connectivity index (χ3n) is 5.32. The maximum atomic E-state index is 13.2. The van der Waals surface area contributed by atoms with Gasteiger partial charge in [-0.25, -0.2) is 23.3 Å². The van der Waals surface area contributed by atoms with E-state index in [0.29, 0.717) is 0 Å². The molecule has 230 valence electrons. The Morgan fingerprint density at radius 2 is 1.93 bits per heavy atom. The van der Waals surface area contributed by atoms with Crippen molar-refractivity contribution in [2.45, 2.75) is 44.2 Å². The van der Waals surface area contributed by atoms with Crippen molar-refractivity contribution >= 4 is 35.3 Å². The zero-order valence-electron chi connectivity index (χ0n) is 21.5. The summed E-state index contributed by atoms with van der Waals surface area (Å²) in [6.45, 7) is 2.00. The van der Waals surface area contributed by atoms with Crippen molar-refractivity contribution in [2.24, 2.45) is 5.11 Å². The maximum absolute atomic E-state index is 13.2. The lowest BCUT2D eigenvalue weighted by Crippen LogP contribution is -2.32. The van der Waals surface area contributed by atoms with E-state index >= 15 is 0 Å². The number of aromatic nitrogens is 3. The Morgan fingerprint density at radius 1 is 1.24 bits per heavy atom. The fourth-order valence-corrected chi connectivity index (χ4v) is 6.71. The van der Waals surface area contributed by atoms with E-state index in [0.717, 1.165) is 4.57 Å². The van der Waals surface area contributed by atoms with Gasteiger partial charge in [0.1, 0.15) is 24.3 Å². The number of pyridine rings is 1. The highest BCUT2D eigenvalue weighted by Gasteiger charge is 2.44. The highest BCUT2D eigenvalue weighted by atomic mass is 31.3. The molecule has 0 amide bonds. The van der Waals surface area contributed by atoms with Gasteiger partial charge in [0.2, 0.25) is 0 Å². The van der Waals surface area contributed by atoms with Gasteiger partial charge in [-0.15, -0.1) is 0 Å². The van der Waals surface area contributed by atoms with Crippen LogP contribution >= 0.6 is 23.5 Å². The molecule has 1 fully saturated rings. The monoisotopic (exact) mass is 655 g/mol. The zero-order chi connectivity index (χ0) is 31.5. The molecule has 0 spiro atoms. The molecule has 3 unspecified atom stereocenters. The van der Waals surface area contributed by atoms with Crippen LogP contribution in [0.1, 0.15) is 42.5 Å². The van der Waals surface area contributed by atoms with Crippen LogP contribution in [-0.2, 0) is 41.9 Å². The number of hydrogen-bond acceptors (Lipinski definition) is 14. The summed E-state index contributed by atoms with van der Waals surface area (Å²) in [4.78, 5) is 72.5. The Morgan fingerprint density at radius 3 is 2.55 bits per heavy atom. The summed E-state index contributed by atoms with van der Waals surface area (Å²) >= 11 is 0. The van der Waals surface area contributed by atoms with Gasteiger partial charge in [-0.1, -0.05) is 5.11 Å². The number of nitrogen functional groups attached to an aromatic ring is 1. The topological polar surface area (TPSA) is 318 Å². The molecule has 0 aliphatic carbocycles. The molecule has 3 heterocycles. The number of carbonyl (C=O) groups excluding carboxylic acids is 1. The van der Waals surface area contributed by atoms with E-state index in [4.69, 9.17) is 30.5 Å². The predicted molar refractivity (Wildman–Crippen MR) is 137 cm³/mol. The van der Waals surface area contributed by atoms with Crippen LogP contribution in [0.15, 0.2) is 40.5 Å². The van der Waals surface area contributed by atoms with E-state index < -0.39 is 65.7 Å². The molecule has 1 aliphatic heterocycles. The van der Waals surface area contributed by atoms with Gasteiger partial charge in [0, 0.05) is 23.7 Å². The number of phosphoric ester groups is 1.